The Kier molecular flexibility index (Phi) is 5.52. The van der Waals surface area contributed by atoms with Gasteiger partial charge in [-0.2, -0.15) is 0 Å². The molecule has 0 aromatic rings. The lowest BCUT2D eigenvalue weighted by Gasteiger charge is -2.22. The predicted molar refractivity (Wildman–Crippen MR) is 61.0 cm³/mol. The van der Waals surface area contributed by atoms with Gasteiger partial charge >= 0.3 is 0 Å². The molecule has 0 aromatic carbocycles. The van der Waals surface area contributed by atoms with Crippen molar-refractivity contribution in [2.45, 2.75) is 32.0 Å². The van der Waals surface area contributed by atoms with Gasteiger partial charge in [-0.05, 0) is 18.3 Å². The molecule has 80 valence electrons. The van der Waals surface area contributed by atoms with Crippen LogP contribution in [0, 0.1) is 11.8 Å². The molecule has 2 atom stereocenters. The van der Waals surface area contributed by atoms with E-state index >= 15 is 0 Å². The molecule has 0 saturated carbocycles. The van der Waals surface area contributed by atoms with E-state index in [2.05, 4.69) is 36.7 Å². The molecule has 0 aliphatic carbocycles. The third-order valence-electron chi connectivity index (χ3n) is 2.27. The van der Waals surface area contributed by atoms with Crippen LogP contribution in [0.25, 0.3) is 0 Å². The van der Waals surface area contributed by atoms with Gasteiger partial charge < -0.3 is 0 Å². The van der Waals surface area contributed by atoms with Gasteiger partial charge in [-0.25, -0.2) is 8.42 Å². The zero-order chi connectivity index (χ0) is 10.6. The highest BCUT2D eigenvalue weighted by Gasteiger charge is 2.20. The van der Waals surface area contributed by atoms with Crippen molar-refractivity contribution in [3.63, 3.8) is 0 Å². The standard InChI is InChI=1S/C9H19BrO2S/c1-7(2)9(8(3)10)5-6-13(4,11)12/h7-9H,5-6H2,1-4H3. The maximum absolute atomic E-state index is 11.0. The zero-order valence-corrected chi connectivity index (χ0v) is 11.2. The van der Waals surface area contributed by atoms with Gasteiger partial charge in [-0.3, -0.25) is 0 Å². The summed E-state index contributed by atoms with van der Waals surface area (Å²) in [7, 11) is -2.81. The van der Waals surface area contributed by atoms with Crippen molar-refractivity contribution in [2.75, 3.05) is 12.0 Å². The van der Waals surface area contributed by atoms with Crippen molar-refractivity contribution >= 4 is 25.8 Å². The molecule has 0 amide bonds. The lowest BCUT2D eigenvalue weighted by Crippen LogP contribution is -2.21. The summed E-state index contributed by atoms with van der Waals surface area (Å²) in [6.07, 6.45) is 2.05. The fourth-order valence-corrected chi connectivity index (χ4v) is 3.02. The van der Waals surface area contributed by atoms with Crippen molar-refractivity contribution in [3.05, 3.63) is 0 Å². The van der Waals surface area contributed by atoms with E-state index in [1.807, 2.05) is 0 Å². The molecule has 13 heavy (non-hydrogen) atoms. The number of rotatable bonds is 5. The van der Waals surface area contributed by atoms with Crippen LogP contribution in [0.1, 0.15) is 27.2 Å². The molecule has 0 radical (unpaired) electrons. The van der Waals surface area contributed by atoms with Crippen LogP contribution in [0.5, 0.6) is 0 Å². The van der Waals surface area contributed by atoms with Gasteiger partial charge in [-0.15, -0.1) is 0 Å². The molecule has 0 aliphatic heterocycles. The number of hydrogen-bond acceptors (Lipinski definition) is 2. The molecule has 0 rings (SSSR count). The van der Waals surface area contributed by atoms with Gasteiger partial charge in [0.25, 0.3) is 0 Å². The summed E-state index contributed by atoms with van der Waals surface area (Å²) in [5, 5.41) is 0. The van der Waals surface area contributed by atoms with Crippen LogP contribution in [0.4, 0.5) is 0 Å². The second-order valence-electron chi connectivity index (χ2n) is 4.00. The normalized spacial score (nSPS) is 17.4. The van der Waals surface area contributed by atoms with E-state index in [9.17, 15) is 8.42 Å². The van der Waals surface area contributed by atoms with Crippen LogP contribution < -0.4 is 0 Å². The molecule has 0 aromatic heterocycles. The molecule has 0 N–H and O–H groups in total. The second kappa shape index (κ2) is 5.35. The highest BCUT2D eigenvalue weighted by molar-refractivity contribution is 9.09. The number of hydrogen-bond donors (Lipinski definition) is 0. The summed E-state index contributed by atoms with van der Waals surface area (Å²) in [5.41, 5.74) is 0. The molecule has 0 aliphatic rings. The van der Waals surface area contributed by atoms with Crippen LogP contribution in [-0.2, 0) is 9.84 Å². The topological polar surface area (TPSA) is 34.1 Å². The average Bonchev–Trinajstić information content (AvgIpc) is 1.82. The van der Waals surface area contributed by atoms with Crippen molar-refractivity contribution < 1.29 is 8.42 Å². The van der Waals surface area contributed by atoms with E-state index in [1.54, 1.807) is 0 Å². The van der Waals surface area contributed by atoms with Crippen LogP contribution in [0.3, 0.4) is 0 Å². The Morgan fingerprint density at radius 3 is 1.92 bits per heavy atom. The van der Waals surface area contributed by atoms with Gasteiger partial charge in [0.05, 0.1) is 5.75 Å². The summed E-state index contributed by atoms with van der Waals surface area (Å²) in [4.78, 5) is 0.384. The summed E-state index contributed by atoms with van der Waals surface area (Å²) in [6.45, 7) is 6.34. The van der Waals surface area contributed by atoms with E-state index < -0.39 is 9.84 Å². The smallest absolute Gasteiger partial charge is 0.147 e. The SMILES string of the molecule is CC(C)C(CCS(C)(=O)=O)C(C)Br. The second-order valence-corrected chi connectivity index (χ2v) is 7.71. The first-order valence-electron chi connectivity index (χ1n) is 4.56. The molecule has 4 heteroatoms. The minimum Gasteiger partial charge on any atom is -0.229 e. The Balaban J connectivity index is 4.13. The molecule has 0 saturated heterocycles. The van der Waals surface area contributed by atoms with Crippen LogP contribution in [-0.4, -0.2) is 25.3 Å². The zero-order valence-electron chi connectivity index (χ0n) is 8.75. The first-order chi connectivity index (χ1) is 5.74. The maximum Gasteiger partial charge on any atom is 0.147 e. The lowest BCUT2D eigenvalue weighted by molar-refractivity contribution is 0.375. The summed E-state index contributed by atoms with van der Waals surface area (Å²) < 4.78 is 21.9. The number of sulfone groups is 1. The molecule has 0 spiro atoms. The molecular weight excluding hydrogens is 252 g/mol. The molecule has 0 heterocycles. The molecule has 2 unspecified atom stereocenters. The largest absolute Gasteiger partial charge is 0.229 e. The van der Waals surface area contributed by atoms with Crippen LogP contribution in [0.15, 0.2) is 0 Å². The fourth-order valence-electron chi connectivity index (χ4n) is 1.44. The minimum absolute atomic E-state index is 0.297. The summed E-state index contributed by atoms with van der Waals surface area (Å²) >= 11 is 3.51. The third kappa shape index (κ3) is 6.49. The molecular formula is C9H19BrO2S. The van der Waals surface area contributed by atoms with Crippen molar-refractivity contribution in [3.8, 4) is 0 Å². The Bertz CT molecular complexity index is 224. The van der Waals surface area contributed by atoms with E-state index in [0.29, 0.717) is 22.4 Å². The van der Waals surface area contributed by atoms with E-state index in [4.69, 9.17) is 0 Å². The van der Waals surface area contributed by atoms with E-state index in [0.717, 1.165) is 6.42 Å². The summed E-state index contributed by atoms with van der Waals surface area (Å²) in [6, 6.07) is 0. The van der Waals surface area contributed by atoms with Gasteiger partial charge in [0.2, 0.25) is 0 Å². The Morgan fingerprint density at radius 1 is 1.23 bits per heavy atom. The number of halogens is 1. The van der Waals surface area contributed by atoms with Crippen molar-refractivity contribution in [1.82, 2.24) is 0 Å². The lowest BCUT2D eigenvalue weighted by atomic mass is 9.91. The number of alkyl halides is 1. The fraction of sp³-hybridized carbons (Fsp3) is 1.00. The Morgan fingerprint density at radius 2 is 1.69 bits per heavy atom. The highest BCUT2D eigenvalue weighted by atomic mass is 79.9. The van der Waals surface area contributed by atoms with Crippen molar-refractivity contribution in [1.29, 1.82) is 0 Å². The molecule has 2 nitrogen and oxygen atoms in total. The maximum atomic E-state index is 11.0. The van der Waals surface area contributed by atoms with Gasteiger partial charge in [-0.1, -0.05) is 36.7 Å². The minimum atomic E-state index is -2.81. The van der Waals surface area contributed by atoms with Gasteiger partial charge in [0.1, 0.15) is 9.84 Å². The highest BCUT2D eigenvalue weighted by Crippen LogP contribution is 2.24. The predicted octanol–water partition coefficient (Wildman–Crippen LogP) is 2.48. The van der Waals surface area contributed by atoms with Gasteiger partial charge in [0.15, 0.2) is 0 Å². The summed E-state index contributed by atoms with van der Waals surface area (Å²) in [5.74, 6) is 1.26. The Labute approximate surface area is 90.2 Å². The Hall–Kier alpha value is 0.430. The van der Waals surface area contributed by atoms with E-state index in [-0.39, 0.29) is 0 Å². The first-order valence-corrected chi connectivity index (χ1v) is 7.53. The molecule has 0 fully saturated rings. The monoisotopic (exact) mass is 270 g/mol. The van der Waals surface area contributed by atoms with Crippen LogP contribution in [0.2, 0.25) is 0 Å². The van der Waals surface area contributed by atoms with Crippen LogP contribution >= 0.6 is 15.9 Å². The van der Waals surface area contributed by atoms with Crippen molar-refractivity contribution in [2.24, 2.45) is 11.8 Å². The van der Waals surface area contributed by atoms with Gasteiger partial charge in [0, 0.05) is 11.1 Å². The average molecular weight is 271 g/mol. The molecule has 0 bridgehead atoms. The quantitative estimate of drug-likeness (QED) is 0.720. The van der Waals surface area contributed by atoms with E-state index in [1.165, 1.54) is 6.26 Å². The third-order valence-corrected chi connectivity index (χ3v) is 3.92. The first kappa shape index (κ1) is 13.4.